The van der Waals surface area contributed by atoms with Crippen molar-refractivity contribution in [3.8, 4) is 0 Å². The summed E-state index contributed by atoms with van der Waals surface area (Å²) in [5.41, 5.74) is 3.06. The number of para-hydroxylation sites is 2. The monoisotopic (exact) mass is 367 g/mol. The number of fused-ring (bicyclic) bond motifs is 1. The van der Waals surface area contributed by atoms with Gasteiger partial charge in [-0.3, -0.25) is 9.59 Å². The molecular formula is C19H17N3O3S. The third-order valence-electron chi connectivity index (χ3n) is 4.14. The Morgan fingerprint density at radius 1 is 1.19 bits per heavy atom. The Labute approximate surface area is 154 Å². The number of amides is 2. The van der Waals surface area contributed by atoms with Crippen molar-refractivity contribution in [1.29, 1.82) is 0 Å². The molecule has 7 heteroatoms. The zero-order valence-corrected chi connectivity index (χ0v) is 14.8. The number of carbonyl (C=O) groups excluding carboxylic acids is 2. The Bertz CT molecular complexity index is 919. The molecule has 132 valence electrons. The topological polar surface area (TPSA) is 75.4 Å². The van der Waals surface area contributed by atoms with Crippen molar-refractivity contribution >= 4 is 46.1 Å². The minimum Gasteiger partial charge on any atom is -0.431 e. The maximum absolute atomic E-state index is 12.1. The molecule has 2 heterocycles. The molecule has 1 aliphatic rings. The zero-order chi connectivity index (χ0) is 17.9. The van der Waals surface area contributed by atoms with Gasteiger partial charge in [0.1, 0.15) is 5.52 Å². The van der Waals surface area contributed by atoms with Crippen LogP contribution in [0.1, 0.15) is 12.8 Å². The highest BCUT2D eigenvalue weighted by molar-refractivity contribution is 7.99. The quantitative estimate of drug-likeness (QED) is 0.696. The van der Waals surface area contributed by atoms with Crippen LogP contribution in [-0.2, 0) is 9.59 Å². The smallest absolute Gasteiger partial charge is 0.257 e. The minimum atomic E-state index is -0.137. The molecule has 1 aliphatic heterocycles. The number of nitrogens with zero attached hydrogens (tertiary/aromatic N) is 2. The summed E-state index contributed by atoms with van der Waals surface area (Å²) >= 11 is 1.25. The summed E-state index contributed by atoms with van der Waals surface area (Å²) in [5.74, 6) is 0.220. The van der Waals surface area contributed by atoms with E-state index in [9.17, 15) is 9.59 Å². The zero-order valence-electron chi connectivity index (χ0n) is 14.0. The number of rotatable bonds is 5. The normalized spacial score (nSPS) is 14.2. The van der Waals surface area contributed by atoms with Crippen molar-refractivity contribution in [3.63, 3.8) is 0 Å². The van der Waals surface area contributed by atoms with E-state index in [2.05, 4.69) is 10.3 Å². The van der Waals surface area contributed by atoms with Crippen molar-refractivity contribution in [1.82, 2.24) is 4.98 Å². The number of carbonyl (C=O) groups is 2. The van der Waals surface area contributed by atoms with Crippen LogP contribution in [0.25, 0.3) is 11.1 Å². The SMILES string of the molecule is O=C(CSc1nc2ccccc2o1)Nc1ccc(N2CCCC2=O)cc1. The van der Waals surface area contributed by atoms with Crippen molar-refractivity contribution in [2.24, 2.45) is 0 Å². The van der Waals surface area contributed by atoms with Crippen LogP contribution >= 0.6 is 11.8 Å². The largest absolute Gasteiger partial charge is 0.431 e. The van der Waals surface area contributed by atoms with Gasteiger partial charge in [0.15, 0.2) is 5.58 Å². The average molecular weight is 367 g/mol. The van der Waals surface area contributed by atoms with Gasteiger partial charge in [0, 0.05) is 24.3 Å². The van der Waals surface area contributed by atoms with Crippen molar-refractivity contribution < 1.29 is 14.0 Å². The first-order valence-electron chi connectivity index (χ1n) is 8.38. The van der Waals surface area contributed by atoms with Gasteiger partial charge >= 0.3 is 0 Å². The van der Waals surface area contributed by atoms with Crippen LogP contribution in [-0.4, -0.2) is 29.1 Å². The first kappa shape index (κ1) is 16.7. The predicted molar refractivity (Wildman–Crippen MR) is 101 cm³/mol. The van der Waals surface area contributed by atoms with Gasteiger partial charge in [0.05, 0.1) is 5.75 Å². The molecule has 0 bridgehead atoms. The molecule has 1 N–H and O–H groups in total. The van der Waals surface area contributed by atoms with Crippen LogP contribution in [0, 0.1) is 0 Å². The first-order chi connectivity index (χ1) is 12.7. The second kappa shape index (κ2) is 7.21. The molecule has 2 aromatic carbocycles. The fourth-order valence-electron chi connectivity index (χ4n) is 2.88. The Balaban J connectivity index is 1.33. The van der Waals surface area contributed by atoms with Crippen LogP contribution in [0.3, 0.4) is 0 Å². The van der Waals surface area contributed by atoms with Crippen LogP contribution in [0.5, 0.6) is 0 Å². The molecule has 1 fully saturated rings. The lowest BCUT2D eigenvalue weighted by atomic mass is 10.2. The van der Waals surface area contributed by atoms with Crippen LogP contribution in [0.2, 0.25) is 0 Å². The molecule has 0 atom stereocenters. The summed E-state index contributed by atoms with van der Waals surface area (Å²) in [6, 6.07) is 14.8. The summed E-state index contributed by atoms with van der Waals surface area (Å²) in [5, 5.41) is 3.32. The fourth-order valence-corrected chi connectivity index (χ4v) is 3.52. The number of oxazole rings is 1. The van der Waals surface area contributed by atoms with Crippen LogP contribution in [0.15, 0.2) is 58.2 Å². The van der Waals surface area contributed by atoms with E-state index in [0.717, 1.165) is 24.2 Å². The second-order valence-corrected chi connectivity index (χ2v) is 6.91. The highest BCUT2D eigenvalue weighted by atomic mass is 32.2. The lowest BCUT2D eigenvalue weighted by molar-refractivity contribution is -0.117. The van der Waals surface area contributed by atoms with E-state index in [0.29, 0.717) is 22.9 Å². The predicted octanol–water partition coefficient (Wildman–Crippen LogP) is 3.69. The molecule has 3 aromatic rings. The summed E-state index contributed by atoms with van der Waals surface area (Å²) in [4.78, 5) is 30.0. The maximum atomic E-state index is 12.1. The van der Waals surface area contributed by atoms with Crippen molar-refractivity contribution in [3.05, 3.63) is 48.5 Å². The van der Waals surface area contributed by atoms with Gasteiger partial charge in [-0.2, -0.15) is 0 Å². The van der Waals surface area contributed by atoms with Crippen molar-refractivity contribution in [2.75, 3.05) is 22.5 Å². The number of anilines is 2. The number of nitrogens with one attached hydrogen (secondary N) is 1. The molecule has 0 radical (unpaired) electrons. The highest BCUT2D eigenvalue weighted by Gasteiger charge is 2.21. The third kappa shape index (κ3) is 3.57. The Kier molecular flexibility index (Phi) is 4.62. The Hall–Kier alpha value is -2.80. The number of hydrogen-bond donors (Lipinski definition) is 1. The fraction of sp³-hybridized carbons (Fsp3) is 0.211. The van der Waals surface area contributed by atoms with Gasteiger partial charge in [-0.25, -0.2) is 4.98 Å². The van der Waals surface area contributed by atoms with E-state index >= 15 is 0 Å². The van der Waals surface area contributed by atoms with E-state index in [-0.39, 0.29) is 17.6 Å². The maximum Gasteiger partial charge on any atom is 0.257 e. The molecule has 0 spiro atoms. The molecule has 0 aliphatic carbocycles. The molecular weight excluding hydrogens is 350 g/mol. The number of aromatic nitrogens is 1. The van der Waals surface area contributed by atoms with Gasteiger partial charge in [0.2, 0.25) is 11.8 Å². The lowest BCUT2D eigenvalue weighted by Crippen LogP contribution is -2.23. The molecule has 4 rings (SSSR count). The summed E-state index contributed by atoms with van der Waals surface area (Å²) < 4.78 is 5.59. The number of hydrogen-bond acceptors (Lipinski definition) is 5. The first-order valence-corrected chi connectivity index (χ1v) is 9.36. The summed E-state index contributed by atoms with van der Waals surface area (Å²) in [7, 11) is 0. The molecule has 26 heavy (non-hydrogen) atoms. The van der Waals surface area contributed by atoms with E-state index in [1.807, 2.05) is 48.5 Å². The highest BCUT2D eigenvalue weighted by Crippen LogP contribution is 2.25. The van der Waals surface area contributed by atoms with Gasteiger partial charge < -0.3 is 14.6 Å². The summed E-state index contributed by atoms with van der Waals surface area (Å²) in [6.07, 6.45) is 1.50. The van der Waals surface area contributed by atoms with Gasteiger partial charge in [-0.05, 0) is 42.8 Å². The van der Waals surface area contributed by atoms with Crippen molar-refractivity contribution in [2.45, 2.75) is 18.1 Å². The van der Waals surface area contributed by atoms with Crippen LogP contribution < -0.4 is 10.2 Å². The third-order valence-corrected chi connectivity index (χ3v) is 4.97. The number of benzene rings is 2. The lowest BCUT2D eigenvalue weighted by Gasteiger charge is -2.16. The van der Waals surface area contributed by atoms with Gasteiger partial charge in [-0.15, -0.1) is 0 Å². The molecule has 0 unspecified atom stereocenters. The minimum absolute atomic E-state index is 0.137. The molecule has 1 saturated heterocycles. The molecule has 2 amide bonds. The standard InChI is InChI=1S/C19H17N3O3S/c23-17(12-26-19-21-15-4-1-2-5-16(15)25-19)20-13-7-9-14(10-8-13)22-11-3-6-18(22)24/h1-2,4-5,7-10H,3,6,11-12H2,(H,20,23). The Morgan fingerprint density at radius 2 is 2.00 bits per heavy atom. The molecule has 1 aromatic heterocycles. The Morgan fingerprint density at radius 3 is 2.73 bits per heavy atom. The van der Waals surface area contributed by atoms with Gasteiger partial charge in [0.25, 0.3) is 5.22 Å². The molecule has 6 nitrogen and oxygen atoms in total. The summed E-state index contributed by atoms with van der Waals surface area (Å²) in [6.45, 7) is 0.756. The number of thioether (sulfide) groups is 1. The molecule has 0 saturated carbocycles. The van der Waals surface area contributed by atoms with Gasteiger partial charge in [-0.1, -0.05) is 23.9 Å². The second-order valence-electron chi connectivity index (χ2n) is 5.98. The van der Waals surface area contributed by atoms with Crippen LogP contribution in [0.4, 0.5) is 11.4 Å². The average Bonchev–Trinajstić information content (AvgIpc) is 3.26. The van der Waals surface area contributed by atoms with E-state index in [4.69, 9.17) is 4.42 Å². The van der Waals surface area contributed by atoms with E-state index in [1.54, 1.807) is 4.90 Å². The van der Waals surface area contributed by atoms with E-state index in [1.165, 1.54) is 11.8 Å². The van der Waals surface area contributed by atoms with E-state index < -0.39 is 0 Å².